The third kappa shape index (κ3) is 5.13. The first-order valence-corrected chi connectivity index (χ1v) is 12.5. The molecule has 1 aliphatic heterocycles. The van der Waals surface area contributed by atoms with Crippen LogP contribution in [-0.4, -0.2) is 40.7 Å². The van der Waals surface area contributed by atoms with Gasteiger partial charge in [0.1, 0.15) is 29.8 Å². The number of fused-ring (bicyclic) bond motifs is 1. The minimum Gasteiger partial charge on any atom is -0.352 e. The van der Waals surface area contributed by atoms with Crippen molar-refractivity contribution >= 4 is 17.7 Å². The summed E-state index contributed by atoms with van der Waals surface area (Å²) in [5.41, 5.74) is 1.97. The predicted octanol–water partition coefficient (Wildman–Crippen LogP) is 3.69. The van der Waals surface area contributed by atoms with E-state index in [0.717, 1.165) is 29.3 Å². The van der Waals surface area contributed by atoms with Gasteiger partial charge in [-0.1, -0.05) is 38.1 Å². The van der Waals surface area contributed by atoms with E-state index in [-0.39, 0.29) is 35.8 Å². The molecule has 1 saturated heterocycles. The van der Waals surface area contributed by atoms with Crippen LogP contribution in [0.2, 0.25) is 0 Å². The molecule has 2 N–H and O–H groups in total. The highest BCUT2D eigenvalue weighted by molar-refractivity contribution is 6.00. The summed E-state index contributed by atoms with van der Waals surface area (Å²) in [5.74, 6) is -3.23. The van der Waals surface area contributed by atoms with E-state index in [1.54, 1.807) is 13.8 Å². The Morgan fingerprint density at radius 2 is 1.69 bits per heavy atom. The van der Waals surface area contributed by atoms with Gasteiger partial charge in [0.2, 0.25) is 17.7 Å². The lowest BCUT2D eigenvalue weighted by Crippen LogP contribution is -2.67. The molecule has 1 aliphatic carbocycles. The second-order valence-corrected chi connectivity index (χ2v) is 10.5. The number of rotatable bonds is 7. The first kappa shape index (κ1) is 25.8. The summed E-state index contributed by atoms with van der Waals surface area (Å²) >= 11 is 0. The van der Waals surface area contributed by atoms with Gasteiger partial charge in [0.15, 0.2) is 0 Å². The van der Waals surface area contributed by atoms with Crippen molar-refractivity contribution in [3.63, 3.8) is 0 Å². The largest absolute Gasteiger partial charge is 0.352 e. The molecule has 2 aromatic rings. The van der Waals surface area contributed by atoms with Crippen LogP contribution in [0.25, 0.3) is 0 Å². The van der Waals surface area contributed by atoms with Gasteiger partial charge in [-0.05, 0) is 74.3 Å². The molecule has 3 atom stereocenters. The van der Waals surface area contributed by atoms with Crippen molar-refractivity contribution in [2.45, 2.75) is 71.1 Å². The van der Waals surface area contributed by atoms with Crippen molar-refractivity contribution in [1.29, 1.82) is 0 Å². The first-order chi connectivity index (χ1) is 17.1. The third-order valence-corrected chi connectivity index (χ3v) is 6.92. The van der Waals surface area contributed by atoms with Crippen LogP contribution < -0.4 is 10.6 Å². The number of carbonyl (C=O) groups is 3. The van der Waals surface area contributed by atoms with E-state index in [1.165, 1.54) is 4.90 Å². The Labute approximate surface area is 210 Å². The number of nitrogens with zero attached hydrogens (tertiary/aromatic N) is 1. The zero-order chi connectivity index (χ0) is 26.1. The Balaban J connectivity index is 1.79. The van der Waals surface area contributed by atoms with Crippen LogP contribution in [0.15, 0.2) is 42.5 Å². The van der Waals surface area contributed by atoms with Crippen molar-refractivity contribution in [3.05, 3.63) is 70.8 Å². The molecule has 0 bridgehead atoms. The molecule has 4 rings (SSSR count). The van der Waals surface area contributed by atoms with Crippen molar-refractivity contribution in [3.8, 4) is 0 Å². The van der Waals surface area contributed by atoms with Crippen LogP contribution in [0.1, 0.15) is 56.8 Å². The quantitative estimate of drug-likeness (QED) is 0.613. The summed E-state index contributed by atoms with van der Waals surface area (Å²) < 4.78 is 29.4. The zero-order valence-electron chi connectivity index (χ0n) is 21.1. The summed E-state index contributed by atoms with van der Waals surface area (Å²) in [5, 5.41) is 5.65. The minimum absolute atomic E-state index is 0.00880. The summed E-state index contributed by atoms with van der Waals surface area (Å²) in [6, 6.07) is 7.05. The Hall–Kier alpha value is -3.29. The smallest absolute Gasteiger partial charge is 0.247 e. The molecule has 192 valence electrons. The number of hydrogen-bond acceptors (Lipinski definition) is 3. The number of halogens is 2. The zero-order valence-corrected chi connectivity index (χ0v) is 21.1. The summed E-state index contributed by atoms with van der Waals surface area (Å²) in [4.78, 5) is 42.3. The number of hydrogen-bond donors (Lipinski definition) is 2. The van der Waals surface area contributed by atoms with Crippen molar-refractivity contribution < 1.29 is 23.2 Å². The van der Waals surface area contributed by atoms with E-state index < -0.39 is 41.6 Å². The summed E-state index contributed by atoms with van der Waals surface area (Å²) in [6.45, 7) is 7.29. The highest BCUT2D eigenvalue weighted by Crippen LogP contribution is 2.36. The van der Waals surface area contributed by atoms with Gasteiger partial charge in [0, 0.05) is 11.6 Å². The van der Waals surface area contributed by atoms with E-state index in [4.69, 9.17) is 0 Å². The van der Waals surface area contributed by atoms with E-state index in [0.29, 0.717) is 12.8 Å². The van der Waals surface area contributed by atoms with E-state index in [9.17, 15) is 18.8 Å². The van der Waals surface area contributed by atoms with E-state index in [2.05, 4.69) is 10.6 Å². The molecule has 1 fully saturated rings. The summed E-state index contributed by atoms with van der Waals surface area (Å²) in [6.07, 6.45) is 1.48. The van der Waals surface area contributed by atoms with Crippen molar-refractivity contribution in [2.24, 2.45) is 11.8 Å². The van der Waals surface area contributed by atoms with Crippen molar-refractivity contribution in [2.75, 3.05) is 0 Å². The van der Waals surface area contributed by atoms with Gasteiger partial charge in [-0.3, -0.25) is 14.4 Å². The molecule has 1 heterocycles. The van der Waals surface area contributed by atoms with Crippen LogP contribution >= 0.6 is 0 Å². The Kier molecular flexibility index (Phi) is 7.43. The molecular weight excluding hydrogens is 464 g/mol. The molecule has 0 radical (unpaired) electrons. The Morgan fingerprint density at radius 1 is 1.06 bits per heavy atom. The molecule has 36 heavy (non-hydrogen) atoms. The van der Waals surface area contributed by atoms with Gasteiger partial charge in [-0.2, -0.15) is 0 Å². The SMILES string of the molecule is CC(C)C[C@@H]1C(=O)NC(C2Cc3ccccc3C2)C(=O)N1[C@@H](C(=O)NC(C)C)c1cc(F)ccc1F. The molecule has 2 aliphatic rings. The minimum atomic E-state index is -1.49. The Bertz CT molecular complexity index is 1140. The van der Waals surface area contributed by atoms with E-state index in [1.807, 2.05) is 38.1 Å². The number of nitrogens with one attached hydrogen (secondary N) is 2. The maximum Gasteiger partial charge on any atom is 0.247 e. The first-order valence-electron chi connectivity index (χ1n) is 12.5. The predicted molar refractivity (Wildman–Crippen MR) is 132 cm³/mol. The van der Waals surface area contributed by atoms with Crippen LogP contribution in [0, 0.1) is 23.5 Å². The highest BCUT2D eigenvalue weighted by atomic mass is 19.1. The normalized spacial score (nSPS) is 21.1. The topological polar surface area (TPSA) is 78.5 Å². The fourth-order valence-electron chi connectivity index (χ4n) is 5.38. The molecule has 3 amide bonds. The van der Waals surface area contributed by atoms with Crippen LogP contribution in [0.3, 0.4) is 0 Å². The fraction of sp³-hybridized carbons (Fsp3) is 0.464. The summed E-state index contributed by atoms with van der Waals surface area (Å²) in [7, 11) is 0. The van der Waals surface area contributed by atoms with Crippen LogP contribution in [-0.2, 0) is 27.2 Å². The molecule has 8 heteroatoms. The molecule has 2 aromatic carbocycles. The maximum atomic E-state index is 15.1. The van der Waals surface area contributed by atoms with Gasteiger partial charge in [0.05, 0.1) is 0 Å². The van der Waals surface area contributed by atoms with Gasteiger partial charge >= 0.3 is 0 Å². The average molecular weight is 498 g/mol. The number of piperazine rings is 1. The monoisotopic (exact) mass is 497 g/mol. The number of amides is 3. The van der Waals surface area contributed by atoms with Gasteiger partial charge < -0.3 is 15.5 Å². The standard InChI is InChI=1S/C28H33F2N3O3/c1-15(2)11-23-26(34)32-24(19-12-17-7-5-6-8-18(17)13-19)28(36)33(23)25(27(35)31-16(3)4)21-14-20(29)9-10-22(21)30/h5-10,14-16,19,23-25H,11-13H2,1-4H3,(H,31,35)(H,32,34)/t23-,24?,25-/m1/s1. The Morgan fingerprint density at radius 3 is 2.28 bits per heavy atom. The van der Waals surface area contributed by atoms with Crippen LogP contribution in [0.5, 0.6) is 0 Å². The lowest BCUT2D eigenvalue weighted by atomic mass is 9.87. The highest BCUT2D eigenvalue weighted by Gasteiger charge is 2.50. The molecule has 1 unspecified atom stereocenters. The third-order valence-electron chi connectivity index (χ3n) is 6.92. The van der Waals surface area contributed by atoms with Gasteiger partial charge in [0.25, 0.3) is 0 Å². The average Bonchev–Trinajstić information content (AvgIpc) is 3.23. The van der Waals surface area contributed by atoms with Gasteiger partial charge in [-0.25, -0.2) is 8.78 Å². The molecular formula is C28H33F2N3O3. The van der Waals surface area contributed by atoms with Crippen LogP contribution in [0.4, 0.5) is 8.78 Å². The second kappa shape index (κ2) is 10.4. The lowest BCUT2D eigenvalue weighted by molar-refractivity contribution is -0.158. The number of carbonyl (C=O) groups excluding carboxylic acids is 3. The fourth-order valence-corrected chi connectivity index (χ4v) is 5.38. The second-order valence-electron chi connectivity index (χ2n) is 10.5. The van der Waals surface area contributed by atoms with Gasteiger partial charge in [-0.15, -0.1) is 0 Å². The molecule has 0 spiro atoms. The van der Waals surface area contributed by atoms with E-state index >= 15 is 4.39 Å². The lowest BCUT2D eigenvalue weighted by Gasteiger charge is -2.45. The number of benzene rings is 2. The molecule has 6 nitrogen and oxygen atoms in total. The molecule has 0 saturated carbocycles. The van der Waals surface area contributed by atoms with Crippen molar-refractivity contribution in [1.82, 2.24) is 15.5 Å². The molecule has 0 aromatic heterocycles. The maximum absolute atomic E-state index is 15.1.